The lowest BCUT2D eigenvalue weighted by Crippen LogP contribution is -2.52. The van der Waals surface area contributed by atoms with Crippen molar-refractivity contribution >= 4 is 29.7 Å². The van der Waals surface area contributed by atoms with Crippen LogP contribution in [0.4, 0.5) is 0 Å². The van der Waals surface area contributed by atoms with Crippen molar-refractivity contribution in [2.24, 2.45) is 11.5 Å². The molecular formula is C16H29N5O7. The van der Waals surface area contributed by atoms with E-state index in [9.17, 15) is 24.0 Å². The summed E-state index contributed by atoms with van der Waals surface area (Å²) in [5, 5.41) is 24.5. The van der Waals surface area contributed by atoms with Crippen LogP contribution in [-0.2, 0) is 24.0 Å². The fourth-order valence-electron chi connectivity index (χ4n) is 2.11. The summed E-state index contributed by atoms with van der Waals surface area (Å²) in [6.45, 7) is 1.31. The summed E-state index contributed by atoms with van der Waals surface area (Å²) in [7, 11) is 0. The Labute approximate surface area is 162 Å². The van der Waals surface area contributed by atoms with E-state index in [1.807, 2.05) is 0 Å². The quantitative estimate of drug-likeness (QED) is 0.152. The minimum Gasteiger partial charge on any atom is -0.481 e. The molecule has 12 nitrogen and oxygen atoms in total. The Morgan fingerprint density at radius 1 is 0.964 bits per heavy atom. The van der Waals surface area contributed by atoms with Gasteiger partial charge in [0, 0.05) is 6.42 Å². The number of carbonyl (C=O) groups is 5. The molecule has 9 N–H and O–H groups in total. The Kier molecular flexibility index (Phi) is 12.1. The van der Waals surface area contributed by atoms with Crippen LogP contribution in [0.5, 0.6) is 0 Å². The van der Waals surface area contributed by atoms with Gasteiger partial charge in [0.2, 0.25) is 17.7 Å². The van der Waals surface area contributed by atoms with Gasteiger partial charge in [-0.15, -0.1) is 0 Å². The zero-order valence-electron chi connectivity index (χ0n) is 15.8. The minimum atomic E-state index is -1.19. The third-order valence-electron chi connectivity index (χ3n) is 3.76. The predicted molar refractivity (Wildman–Crippen MR) is 97.9 cm³/mol. The second-order valence-corrected chi connectivity index (χ2v) is 6.23. The van der Waals surface area contributed by atoms with Crippen molar-refractivity contribution in [3.8, 4) is 0 Å². The molecule has 0 aliphatic carbocycles. The van der Waals surface area contributed by atoms with Crippen LogP contribution in [0.2, 0.25) is 0 Å². The summed E-state index contributed by atoms with van der Waals surface area (Å²) in [6.07, 6.45) is 1.00. The molecule has 0 heterocycles. The maximum absolute atomic E-state index is 11.9. The van der Waals surface area contributed by atoms with Gasteiger partial charge in [0.05, 0.1) is 12.6 Å². The van der Waals surface area contributed by atoms with Crippen molar-refractivity contribution in [3.05, 3.63) is 0 Å². The highest BCUT2D eigenvalue weighted by molar-refractivity contribution is 5.92. The van der Waals surface area contributed by atoms with Crippen LogP contribution in [-0.4, -0.2) is 71.1 Å². The molecule has 0 aromatic heterocycles. The lowest BCUT2D eigenvalue weighted by Gasteiger charge is -2.18. The number of hydrogen-bond donors (Lipinski definition) is 7. The van der Waals surface area contributed by atoms with Gasteiger partial charge in [0.15, 0.2) is 0 Å². The van der Waals surface area contributed by atoms with Gasteiger partial charge in [-0.25, -0.2) is 4.79 Å². The van der Waals surface area contributed by atoms with Crippen LogP contribution >= 0.6 is 0 Å². The molecule has 12 heteroatoms. The van der Waals surface area contributed by atoms with E-state index in [1.54, 1.807) is 0 Å². The third kappa shape index (κ3) is 11.1. The summed E-state index contributed by atoms with van der Waals surface area (Å²) in [6, 6.07) is -3.18. The molecular weight excluding hydrogens is 374 g/mol. The van der Waals surface area contributed by atoms with Gasteiger partial charge in [-0.05, 0) is 39.2 Å². The predicted octanol–water partition coefficient (Wildman–Crippen LogP) is -2.50. The second kappa shape index (κ2) is 13.4. The first-order chi connectivity index (χ1) is 13.1. The van der Waals surface area contributed by atoms with Crippen molar-refractivity contribution in [1.82, 2.24) is 16.0 Å². The normalized spacial score (nSPS) is 13.7. The highest BCUT2D eigenvalue weighted by Crippen LogP contribution is 2.00. The molecule has 0 saturated carbocycles. The fourth-order valence-corrected chi connectivity index (χ4v) is 2.11. The molecule has 0 spiro atoms. The number of unbranched alkanes of at least 4 members (excludes halogenated alkanes) is 1. The standard InChI is InChI=1S/C16H29N5O7/c1-9(20-15(26)10(18)5-6-13(23)24)14(25)19-8-12(22)21-11(16(27)28)4-2-3-7-17/h9-11H,2-8,17-18H2,1H3,(H,19,25)(H,20,26)(H,21,22)(H,23,24)(H,27,28). The third-order valence-corrected chi connectivity index (χ3v) is 3.76. The van der Waals surface area contributed by atoms with Gasteiger partial charge in [-0.3, -0.25) is 19.2 Å². The molecule has 0 saturated heterocycles. The van der Waals surface area contributed by atoms with Crippen molar-refractivity contribution < 1.29 is 34.2 Å². The fraction of sp³-hybridized carbons (Fsp3) is 0.688. The highest BCUT2D eigenvalue weighted by atomic mass is 16.4. The van der Waals surface area contributed by atoms with E-state index in [0.717, 1.165) is 0 Å². The number of rotatable bonds is 14. The zero-order chi connectivity index (χ0) is 21.7. The van der Waals surface area contributed by atoms with E-state index < -0.39 is 54.3 Å². The zero-order valence-corrected chi connectivity index (χ0v) is 15.8. The Morgan fingerprint density at radius 3 is 2.14 bits per heavy atom. The van der Waals surface area contributed by atoms with Gasteiger partial charge in [-0.1, -0.05) is 0 Å². The Hall–Kier alpha value is -2.73. The Bertz CT molecular complexity index is 570. The minimum absolute atomic E-state index is 0.0847. The number of amides is 3. The molecule has 0 aliphatic heterocycles. The molecule has 3 unspecified atom stereocenters. The van der Waals surface area contributed by atoms with Gasteiger partial charge in [0.25, 0.3) is 0 Å². The van der Waals surface area contributed by atoms with Gasteiger partial charge >= 0.3 is 11.9 Å². The number of nitrogens with one attached hydrogen (secondary N) is 3. The number of carboxylic acid groups (broad SMARTS) is 2. The summed E-state index contributed by atoms with van der Waals surface area (Å²) in [4.78, 5) is 57.1. The maximum Gasteiger partial charge on any atom is 0.326 e. The number of hydrogen-bond acceptors (Lipinski definition) is 7. The van der Waals surface area contributed by atoms with Gasteiger partial charge < -0.3 is 37.6 Å². The molecule has 0 aliphatic rings. The molecule has 160 valence electrons. The average Bonchev–Trinajstić information content (AvgIpc) is 2.62. The monoisotopic (exact) mass is 403 g/mol. The van der Waals surface area contributed by atoms with E-state index in [2.05, 4.69) is 16.0 Å². The number of aliphatic carboxylic acids is 2. The summed E-state index contributed by atoms with van der Waals surface area (Å²) < 4.78 is 0. The highest BCUT2D eigenvalue weighted by Gasteiger charge is 2.22. The lowest BCUT2D eigenvalue weighted by molar-refractivity contribution is -0.142. The van der Waals surface area contributed by atoms with Crippen LogP contribution in [0.1, 0.15) is 39.0 Å². The van der Waals surface area contributed by atoms with Crippen LogP contribution in [0.25, 0.3) is 0 Å². The van der Waals surface area contributed by atoms with E-state index in [4.69, 9.17) is 21.7 Å². The number of carbonyl (C=O) groups excluding carboxylic acids is 3. The molecule has 0 bridgehead atoms. The molecule has 0 aromatic rings. The van der Waals surface area contributed by atoms with Crippen molar-refractivity contribution in [1.29, 1.82) is 0 Å². The molecule has 0 rings (SSSR count). The van der Waals surface area contributed by atoms with Crippen LogP contribution < -0.4 is 27.4 Å². The first-order valence-electron chi connectivity index (χ1n) is 8.86. The summed E-state index contributed by atoms with van der Waals surface area (Å²) >= 11 is 0. The van der Waals surface area contributed by atoms with Crippen LogP contribution in [0.3, 0.4) is 0 Å². The SMILES string of the molecule is CC(NC(=O)C(N)CCC(=O)O)C(=O)NCC(=O)NC(CCCCN)C(=O)O. The van der Waals surface area contributed by atoms with Crippen molar-refractivity contribution in [2.75, 3.05) is 13.1 Å². The van der Waals surface area contributed by atoms with Crippen LogP contribution in [0.15, 0.2) is 0 Å². The molecule has 0 radical (unpaired) electrons. The van der Waals surface area contributed by atoms with E-state index in [0.29, 0.717) is 19.4 Å². The van der Waals surface area contributed by atoms with Crippen LogP contribution in [0, 0.1) is 0 Å². The van der Waals surface area contributed by atoms with Crippen molar-refractivity contribution in [3.63, 3.8) is 0 Å². The number of carboxylic acids is 2. The first-order valence-corrected chi connectivity index (χ1v) is 8.86. The van der Waals surface area contributed by atoms with E-state index in [1.165, 1.54) is 6.92 Å². The Morgan fingerprint density at radius 2 is 1.61 bits per heavy atom. The number of nitrogens with two attached hydrogens (primary N) is 2. The Balaban J connectivity index is 4.35. The molecule has 28 heavy (non-hydrogen) atoms. The topological polar surface area (TPSA) is 214 Å². The smallest absolute Gasteiger partial charge is 0.326 e. The average molecular weight is 403 g/mol. The van der Waals surface area contributed by atoms with E-state index >= 15 is 0 Å². The molecule has 3 atom stereocenters. The van der Waals surface area contributed by atoms with Gasteiger partial charge in [-0.2, -0.15) is 0 Å². The second-order valence-electron chi connectivity index (χ2n) is 6.23. The van der Waals surface area contributed by atoms with Gasteiger partial charge in [0.1, 0.15) is 12.1 Å². The maximum atomic E-state index is 11.9. The largest absolute Gasteiger partial charge is 0.481 e. The lowest BCUT2D eigenvalue weighted by atomic mass is 10.1. The van der Waals surface area contributed by atoms with Crippen molar-refractivity contribution in [2.45, 2.75) is 57.2 Å². The first kappa shape index (κ1) is 25.3. The molecule has 0 aromatic carbocycles. The molecule has 3 amide bonds. The van der Waals surface area contributed by atoms with E-state index in [-0.39, 0.29) is 19.3 Å². The molecule has 0 fully saturated rings. The summed E-state index contributed by atoms with van der Waals surface area (Å²) in [5.41, 5.74) is 10.9. The summed E-state index contributed by atoms with van der Waals surface area (Å²) in [5.74, 6) is -4.34.